The minimum absolute atomic E-state index is 0.358. The van der Waals surface area contributed by atoms with Crippen LogP contribution in [0.3, 0.4) is 0 Å². The molecule has 0 bridgehead atoms. The SMILES string of the molecule is CN(C)c1ccc(Br)cc1NC1CSCCC1(C)C. The van der Waals surface area contributed by atoms with E-state index in [9.17, 15) is 0 Å². The second-order valence-electron chi connectivity index (χ2n) is 6.07. The van der Waals surface area contributed by atoms with E-state index in [0.29, 0.717) is 11.5 Å². The highest BCUT2D eigenvalue weighted by atomic mass is 79.9. The van der Waals surface area contributed by atoms with Crippen molar-refractivity contribution < 1.29 is 0 Å². The Morgan fingerprint density at radius 2 is 2.11 bits per heavy atom. The minimum Gasteiger partial charge on any atom is -0.379 e. The van der Waals surface area contributed by atoms with E-state index in [1.165, 1.54) is 29.3 Å². The quantitative estimate of drug-likeness (QED) is 0.872. The summed E-state index contributed by atoms with van der Waals surface area (Å²) in [6.07, 6.45) is 1.28. The lowest BCUT2D eigenvalue weighted by atomic mass is 9.82. The van der Waals surface area contributed by atoms with Crippen LogP contribution >= 0.6 is 27.7 Å². The first kappa shape index (κ1) is 15.0. The monoisotopic (exact) mass is 342 g/mol. The molecule has 0 amide bonds. The first-order valence-electron chi connectivity index (χ1n) is 6.71. The molecule has 1 aliphatic heterocycles. The summed E-state index contributed by atoms with van der Waals surface area (Å²) in [5.41, 5.74) is 2.83. The van der Waals surface area contributed by atoms with Gasteiger partial charge in [0.15, 0.2) is 0 Å². The van der Waals surface area contributed by atoms with Gasteiger partial charge in [0.2, 0.25) is 0 Å². The van der Waals surface area contributed by atoms with Crippen molar-refractivity contribution in [1.29, 1.82) is 0 Å². The van der Waals surface area contributed by atoms with Crippen LogP contribution in [0.5, 0.6) is 0 Å². The number of benzene rings is 1. The Bertz CT molecular complexity index is 446. The zero-order valence-corrected chi connectivity index (χ0v) is 14.6. The van der Waals surface area contributed by atoms with Gasteiger partial charge in [-0.25, -0.2) is 0 Å². The minimum atomic E-state index is 0.358. The molecule has 1 fully saturated rings. The van der Waals surface area contributed by atoms with Gasteiger partial charge in [-0.05, 0) is 35.8 Å². The summed E-state index contributed by atoms with van der Waals surface area (Å²) in [6, 6.07) is 6.97. The van der Waals surface area contributed by atoms with Crippen molar-refractivity contribution in [3.05, 3.63) is 22.7 Å². The van der Waals surface area contributed by atoms with Crippen LogP contribution in [-0.4, -0.2) is 31.6 Å². The van der Waals surface area contributed by atoms with Crippen molar-refractivity contribution in [2.75, 3.05) is 35.8 Å². The fraction of sp³-hybridized carbons (Fsp3) is 0.600. The van der Waals surface area contributed by atoms with Crippen molar-refractivity contribution in [3.8, 4) is 0 Å². The molecule has 1 aromatic carbocycles. The topological polar surface area (TPSA) is 15.3 Å². The van der Waals surface area contributed by atoms with E-state index in [2.05, 4.69) is 84.1 Å². The zero-order valence-electron chi connectivity index (χ0n) is 12.2. The fourth-order valence-corrected chi connectivity index (χ4v) is 4.34. The molecular formula is C15H23BrN2S. The molecule has 106 valence electrons. The van der Waals surface area contributed by atoms with Crippen LogP contribution in [0.25, 0.3) is 0 Å². The third-order valence-corrected chi connectivity index (χ3v) is 5.44. The second kappa shape index (κ2) is 5.96. The molecule has 1 aromatic rings. The Morgan fingerprint density at radius 1 is 1.37 bits per heavy atom. The molecule has 0 aromatic heterocycles. The van der Waals surface area contributed by atoms with Gasteiger partial charge < -0.3 is 10.2 Å². The number of anilines is 2. The molecule has 0 radical (unpaired) electrons. The molecule has 1 saturated heterocycles. The van der Waals surface area contributed by atoms with Gasteiger partial charge in [0.25, 0.3) is 0 Å². The number of nitrogens with zero attached hydrogens (tertiary/aromatic N) is 1. The zero-order chi connectivity index (χ0) is 14.0. The molecule has 1 aliphatic rings. The van der Waals surface area contributed by atoms with Gasteiger partial charge in [0, 0.05) is 30.4 Å². The van der Waals surface area contributed by atoms with Gasteiger partial charge in [-0.15, -0.1) is 0 Å². The smallest absolute Gasteiger partial charge is 0.0597 e. The summed E-state index contributed by atoms with van der Waals surface area (Å²) < 4.78 is 1.13. The van der Waals surface area contributed by atoms with Crippen molar-refractivity contribution in [3.63, 3.8) is 0 Å². The molecule has 1 atom stereocenters. The average Bonchev–Trinajstić information content (AvgIpc) is 2.31. The summed E-state index contributed by atoms with van der Waals surface area (Å²) in [7, 11) is 4.18. The van der Waals surface area contributed by atoms with Crippen LogP contribution in [0.15, 0.2) is 22.7 Å². The van der Waals surface area contributed by atoms with Crippen LogP contribution in [0.1, 0.15) is 20.3 Å². The molecule has 0 saturated carbocycles. The van der Waals surface area contributed by atoms with Crippen LogP contribution in [-0.2, 0) is 0 Å². The van der Waals surface area contributed by atoms with Crippen LogP contribution in [0.4, 0.5) is 11.4 Å². The summed E-state index contributed by atoms with van der Waals surface area (Å²) in [5, 5.41) is 3.77. The van der Waals surface area contributed by atoms with E-state index in [0.717, 1.165) is 4.47 Å². The highest BCUT2D eigenvalue weighted by molar-refractivity contribution is 9.10. The Labute approximate surface area is 129 Å². The molecule has 1 heterocycles. The van der Waals surface area contributed by atoms with Gasteiger partial charge in [0.1, 0.15) is 0 Å². The van der Waals surface area contributed by atoms with Crippen molar-refractivity contribution in [2.45, 2.75) is 26.3 Å². The van der Waals surface area contributed by atoms with Crippen molar-refractivity contribution in [1.82, 2.24) is 0 Å². The van der Waals surface area contributed by atoms with Crippen molar-refractivity contribution in [2.24, 2.45) is 5.41 Å². The Morgan fingerprint density at radius 3 is 2.74 bits per heavy atom. The third kappa shape index (κ3) is 3.60. The van der Waals surface area contributed by atoms with Gasteiger partial charge in [0.05, 0.1) is 11.4 Å². The summed E-state index contributed by atoms with van der Waals surface area (Å²) in [4.78, 5) is 2.16. The Kier molecular flexibility index (Phi) is 4.72. The second-order valence-corrected chi connectivity index (χ2v) is 8.13. The molecule has 0 aliphatic carbocycles. The largest absolute Gasteiger partial charge is 0.379 e. The highest BCUT2D eigenvalue weighted by Gasteiger charge is 2.32. The van der Waals surface area contributed by atoms with Crippen LogP contribution in [0.2, 0.25) is 0 Å². The number of nitrogens with one attached hydrogen (secondary N) is 1. The Balaban J connectivity index is 2.24. The molecule has 19 heavy (non-hydrogen) atoms. The van der Waals surface area contributed by atoms with Crippen LogP contribution in [0, 0.1) is 5.41 Å². The maximum Gasteiger partial charge on any atom is 0.0597 e. The van der Waals surface area contributed by atoms with E-state index in [1.807, 2.05) is 0 Å². The molecule has 1 N–H and O–H groups in total. The van der Waals surface area contributed by atoms with Crippen molar-refractivity contribution >= 4 is 39.1 Å². The lowest BCUT2D eigenvalue weighted by molar-refractivity contribution is 0.305. The van der Waals surface area contributed by atoms with E-state index in [1.54, 1.807) is 0 Å². The molecule has 2 rings (SSSR count). The van der Waals surface area contributed by atoms with Gasteiger partial charge >= 0.3 is 0 Å². The third-order valence-electron chi connectivity index (χ3n) is 3.89. The maximum atomic E-state index is 3.77. The van der Waals surface area contributed by atoms with E-state index in [4.69, 9.17) is 0 Å². The number of halogens is 1. The first-order chi connectivity index (χ1) is 8.90. The first-order valence-corrected chi connectivity index (χ1v) is 8.66. The number of hydrogen-bond donors (Lipinski definition) is 1. The standard InChI is InChI=1S/C15H23BrN2S/c1-15(2)7-8-19-10-14(15)17-12-9-11(16)5-6-13(12)18(3)4/h5-6,9,14,17H,7-8,10H2,1-4H3. The molecular weight excluding hydrogens is 320 g/mol. The predicted molar refractivity (Wildman–Crippen MR) is 91.6 cm³/mol. The maximum absolute atomic E-state index is 3.77. The highest BCUT2D eigenvalue weighted by Crippen LogP contribution is 2.38. The summed E-state index contributed by atoms with van der Waals surface area (Å²) in [6.45, 7) is 4.75. The molecule has 0 spiro atoms. The van der Waals surface area contributed by atoms with E-state index in [-0.39, 0.29) is 0 Å². The van der Waals surface area contributed by atoms with Gasteiger partial charge in [-0.2, -0.15) is 11.8 Å². The molecule has 4 heteroatoms. The van der Waals surface area contributed by atoms with E-state index < -0.39 is 0 Å². The van der Waals surface area contributed by atoms with E-state index >= 15 is 0 Å². The van der Waals surface area contributed by atoms with Gasteiger partial charge in [-0.1, -0.05) is 29.8 Å². The summed E-state index contributed by atoms with van der Waals surface area (Å²) in [5.74, 6) is 2.47. The lowest BCUT2D eigenvalue weighted by Gasteiger charge is -2.40. The normalized spacial score (nSPS) is 22.1. The number of hydrogen-bond acceptors (Lipinski definition) is 3. The van der Waals surface area contributed by atoms with Gasteiger partial charge in [-0.3, -0.25) is 0 Å². The number of thioether (sulfide) groups is 1. The van der Waals surface area contributed by atoms with Crippen LogP contribution < -0.4 is 10.2 Å². The fourth-order valence-electron chi connectivity index (χ4n) is 2.37. The summed E-state index contributed by atoms with van der Waals surface area (Å²) >= 11 is 5.63. The number of rotatable bonds is 3. The molecule has 2 nitrogen and oxygen atoms in total. The lowest BCUT2D eigenvalue weighted by Crippen LogP contribution is -2.41. The molecule has 1 unspecified atom stereocenters. The Hall–Kier alpha value is -0.350. The average molecular weight is 343 g/mol. The predicted octanol–water partition coefficient (Wildman–Crippen LogP) is 4.46.